The van der Waals surface area contributed by atoms with E-state index < -0.39 is 4.92 Å². The van der Waals surface area contributed by atoms with Gasteiger partial charge in [0, 0.05) is 19.2 Å². The van der Waals surface area contributed by atoms with Gasteiger partial charge in [0.05, 0.1) is 9.40 Å². The summed E-state index contributed by atoms with van der Waals surface area (Å²) in [5.74, 6) is -0.264. The summed E-state index contributed by atoms with van der Waals surface area (Å²) in [6, 6.07) is 11.5. The molecule has 0 aliphatic heterocycles. The van der Waals surface area contributed by atoms with Gasteiger partial charge < -0.3 is 0 Å². The largest absolute Gasteiger partial charge is 0.298 e. The molecule has 110 valence electrons. The molecule has 0 atom stereocenters. The fourth-order valence-electron chi connectivity index (χ4n) is 2.11. The quantitative estimate of drug-likeness (QED) is 0.600. The van der Waals surface area contributed by atoms with Crippen molar-refractivity contribution in [2.24, 2.45) is 0 Å². The van der Waals surface area contributed by atoms with Crippen molar-refractivity contribution in [1.29, 1.82) is 0 Å². The topological polar surface area (TPSA) is 46.4 Å². The fraction of sp³-hybridized carbons (Fsp3) is 0.200. The van der Waals surface area contributed by atoms with Crippen LogP contribution >= 0.6 is 15.9 Å². The second-order valence-electron chi connectivity index (χ2n) is 4.85. The fourth-order valence-corrected chi connectivity index (χ4v) is 2.50. The maximum absolute atomic E-state index is 13.1. The Kier molecular flexibility index (Phi) is 5.03. The molecule has 0 aliphatic rings. The molecule has 0 fully saturated rings. The number of hydrogen-bond acceptors (Lipinski definition) is 3. The predicted octanol–water partition coefficient (Wildman–Crippen LogP) is 4.13. The standard InChI is InChI=1S/C15H14BrFN2O2/c1-18(9-11-3-2-4-13(17)7-11)10-12-5-6-14(16)15(8-12)19(20)21/h2-8H,9-10H2,1H3. The maximum atomic E-state index is 13.1. The molecule has 0 radical (unpaired) electrons. The Labute approximate surface area is 130 Å². The van der Waals surface area contributed by atoms with E-state index >= 15 is 0 Å². The molecule has 0 saturated heterocycles. The van der Waals surface area contributed by atoms with Crippen molar-refractivity contribution >= 4 is 21.6 Å². The molecule has 0 unspecified atom stereocenters. The molecule has 21 heavy (non-hydrogen) atoms. The first-order chi connectivity index (χ1) is 9.95. The van der Waals surface area contributed by atoms with Gasteiger partial charge in [-0.05, 0) is 52.3 Å². The second-order valence-corrected chi connectivity index (χ2v) is 5.70. The van der Waals surface area contributed by atoms with E-state index in [2.05, 4.69) is 15.9 Å². The zero-order chi connectivity index (χ0) is 15.4. The molecular weight excluding hydrogens is 339 g/mol. The van der Waals surface area contributed by atoms with Crippen LogP contribution in [-0.2, 0) is 13.1 Å². The highest BCUT2D eigenvalue weighted by molar-refractivity contribution is 9.10. The lowest BCUT2D eigenvalue weighted by Gasteiger charge is -2.17. The van der Waals surface area contributed by atoms with E-state index in [0.29, 0.717) is 17.6 Å². The zero-order valence-corrected chi connectivity index (χ0v) is 13.0. The first-order valence-corrected chi connectivity index (χ1v) is 7.11. The second kappa shape index (κ2) is 6.78. The van der Waals surface area contributed by atoms with Crippen molar-refractivity contribution in [3.8, 4) is 0 Å². The average molecular weight is 353 g/mol. The third kappa shape index (κ3) is 4.34. The maximum Gasteiger partial charge on any atom is 0.283 e. The lowest BCUT2D eigenvalue weighted by atomic mass is 10.1. The molecular formula is C15H14BrFN2O2. The number of benzene rings is 2. The summed E-state index contributed by atoms with van der Waals surface area (Å²) >= 11 is 3.16. The first-order valence-electron chi connectivity index (χ1n) is 6.31. The van der Waals surface area contributed by atoms with Gasteiger partial charge in [-0.25, -0.2) is 4.39 Å². The monoisotopic (exact) mass is 352 g/mol. The molecule has 4 nitrogen and oxygen atoms in total. The number of halogens is 2. The molecule has 2 rings (SSSR count). The Balaban J connectivity index is 2.07. The van der Waals surface area contributed by atoms with Crippen molar-refractivity contribution in [1.82, 2.24) is 4.90 Å². The van der Waals surface area contributed by atoms with Crippen molar-refractivity contribution in [3.05, 3.63) is 74.0 Å². The number of nitrogens with zero attached hydrogens (tertiary/aromatic N) is 2. The predicted molar refractivity (Wildman–Crippen MR) is 82.4 cm³/mol. The highest BCUT2D eigenvalue weighted by Crippen LogP contribution is 2.26. The molecule has 0 aliphatic carbocycles. The van der Waals surface area contributed by atoms with E-state index in [1.807, 2.05) is 24.1 Å². The van der Waals surface area contributed by atoms with Crippen molar-refractivity contribution in [2.75, 3.05) is 7.05 Å². The molecule has 0 spiro atoms. The van der Waals surface area contributed by atoms with Crippen LogP contribution in [0.15, 0.2) is 46.9 Å². The smallest absolute Gasteiger partial charge is 0.283 e. The molecule has 2 aromatic rings. The minimum absolute atomic E-state index is 0.0478. The van der Waals surface area contributed by atoms with Crippen LogP contribution in [0, 0.1) is 15.9 Å². The molecule has 0 bridgehead atoms. The summed E-state index contributed by atoms with van der Waals surface area (Å²) in [4.78, 5) is 12.5. The first kappa shape index (κ1) is 15.6. The van der Waals surface area contributed by atoms with Crippen LogP contribution in [0.2, 0.25) is 0 Å². The van der Waals surface area contributed by atoms with Crippen molar-refractivity contribution in [3.63, 3.8) is 0 Å². The van der Waals surface area contributed by atoms with E-state index in [9.17, 15) is 14.5 Å². The van der Waals surface area contributed by atoms with Crippen LogP contribution in [-0.4, -0.2) is 16.9 Å². The lowest BCUT2D eigenvalue weighted by molar-refractivity contribution is -0.385. The van der Waals surface area contributed by atoms with Crippen LogP contribution in [0.1, 0.15) is 11.1 Å². The third-order valence-electron chi connectivity index (χ3n) is 3.00. The Bertz CT molecular complexity index is 664. The SMILES string of the molecule is CN(Cc1cccc(F)c1)Cc1ccc(Br)c([N+](=O)[O-])c1. The number of rotatable bonds is 5. The summed E-state index contributed by atoms with van der Waals surface area (Å²) in [6.07, 6.45) is 0. The molecule has 0 N–H and O–H groups in total. The Morgan fingerprint density at radius 2 is 1.86 bits per heavy atom. The zero-order valence-electron chi connectivity index (χ0n) is 11.4. The van der Waals surface area contributed by atoms with Crippen molar-refractivity contribution in [2.45, 2.75) is 13.1 Å². The summed E-state index contributed by atoms with van der Waals surface area (Å²) in [6.45, 7) is 1.12. The van der Waals surface area contributed by atoms with Gasteiger partial charge in [0.1, 0.15) is 5.82 Å². The lowest BCUT2D eigenvalue weighted by Crippen LogP contribution is -2.17. The van der Waals surface area contributed by atoms with Crippen LogP contribution in [0.4, 0.5) is 10.1 Å². The van der Waals surface area contributed by atoms with Gasteiger partial charge in [0.25, 0.3) is 5.69 Å². The molecule has 0 aromatic heterocycles. The van der Waals surface area contributed by atoms with E-state index in [0.717, 1.165) is 11.1 Å². The van der Waals surface area contributed by atoms with E-state index in [4.69, 9.17) is 0 Å². The normalized spacial score (nSPS) is 10.9. The highest BCUT2D eigenvalue weighted by atomic mass is 79.9. The molecule has 0 amide bonds. The summed E-state index contributed by atoms with van der Waals surface area (Å²) in [5, 5.41) is 10.9. The van der Waals surface area contributed by atoms with Gasteiger partial charge in [0.2, 0.25) is 0 Å². The summed E-state index contributed by atoms with van der Waals surface area (Å²) < 4.78 is 13.6. The van der Waals surface area contributed by atoms with Crippen LogP contribution in [0.3, 0.4) is 0 Å². The molecule has 6 heteroatoms. The summed E-state index contributed by atoms with van der Waals surface area (Å²) in [7, 11) is 1.89. The third-order valence-corrected chi connectivity index (χ3v) is 3.67. The number of hydrogen-bond donors (Lipinski definition) is 0. The van der Waals surface area contributed by atoms with Gasteiger partial charge in [-0.3, -0.25) is 15.0 Å². The average Bonchev–Trinajstić information content (AvgIpc) is 2.40. The minimum atomic E-state index is -0.417. The van der Waals surface area contributed by atoms with Crippen LogP contribution < -0.4 is 0 Å². The van der Waals surface area contributed by atoms with Crippen molar-refractivity contribution < 1.29 is 9.31 Å². The number of nitro groups is 1. The van der Waals surface area contributed by atoms with E-state index in [1.165, 1.54) is 12.1 Å². The van der Waals surface area contributed by atoms with Crippen LogP contribution in [0.25, 0.3) is 0 Å². The van der Waals surface area contributed by atoms with Gasteiger partial charge in [-0.1, -0.05) is 18.2 Å². The van der Waals surface area contributed by atoms with E-state index in [-0.39, 0.29) is 11.5 Å². The highest BCUT2D eigenvalue weighted by Gasteiger charge is 2.13. The number of nitro benzene ring substituents is 1. The van der Waals surface area contributed by atoms with Gasteiger partial charge >= 0.3 is 0 Å². The van der Waals surface area contributed by atoms with E-state index in [1.54, 1.807) is 18.2 Å². The Morgan fingerprint density at radius 1 is 1.19 bits per heavy atom. The van der Waals surface area contributed by atoms with Gasteiger partial charge in [-0.2, -0.15) is 0 Å². The molecule has 2 aromatic carbocycles. The van der Waals surface area contributed by atoms with Gasteiger partial charge in [0.15, 0.2) is 0 Å². The Hall–Kier alpha value is -1.79. The molecule has 0 saturated carbocycles. The Morgan fingerprint density at radius 3 is 2.48 bits per heavy atom. The van der Waals surface area contributed by atoms with Gasteiger partial charge in [-0.15, -0.1) is 0 Å². The van der Waals surface area contributed by atoms with Crippen LogP contribution in [0.5, 0.6) is 0 Å². The molecule has 0 heterocycles. The minimum Gasteiger partial charge on any atom is -0.298 e. The summed E-state index contributed by atoms with van der Waals surface area (Å²) in [5.41, 5.74) is 1.75.